The number of nitrogens with zero attached hydrogens (tertiary/aromatic N) is 3. The number of halogens is 1. The highest BCUT2D eigenvalue weighted by Crippen LogP contribution is 2.19. The second kappa shape index (κ2) is 5.57. The fraction of sp³-hybridized carbons (Fsp3) is 0.462. The zero-order chi connectivity index (χ0) is 14.0. The van der Waals surface area contributed by atoms with Gasteiger partial charge in [0, 0.05) is 24.1 Å². The average molecular weight is 281 g/mol. The van der Waals surface area contributed by atoms with Gasteiger partial charge in [-0.1, -0.05) is 30.6 Å². The van der Waals surface area contributed by atoms with Crippen LogP contribution in [-0.4, -0.2) is 15.1 Å². The number of rotatable bonds is 4. The summed E-state index contributed by atoms with van der Waals surface area (Å²) in [6.07, 6.45) is 0. The zero-order valence-electron chi connectivity index (χ0n) is 11.5. The highest BCUT2D eigenvalue weighted by molar-refractivity contribution is 6.29. The number of aromatic nitrogens is 3. The van der Waals surface area contributed by atoms with Gasteiger partial charge in [-0.2, -0.15) is 0 Å². The Bertz CT molecular complexity index is 561. The Kier molecular flexibility index (Phi) is 4.04. The third-order valence-corrected chi connectivity index (χ3v) is 3.05. The van der Waals surface area contributed by atoms with E-state index in [1.807, 2.05) is 27.7 Å². The summed E-state index contributed by atoms with van der Waals surface area (Å²) < 4.78 is 5.12. The third kappa shape index (κ3) is 3.23. The van der Waals surface area contributed by atoms with Gasteiger partial charge in [-0.15, -0.1) is 0 Å². The molecule has 0 fully saturated rings. The molecule has 0 spiro atoms. The Labute approximate surface area is 117 Å². The SMILES string of the molecule is Cc1noc(C)c1CNc1cc(Cl)nc(C(C)C)n1. The van der Waals surface area contributed by atoms with Crippen LogP contribution < -0.4 is 5.32 Å². The van der Waals surface area contributed by atoms with Crippen molar-refractivity contribution in [1.82, 2.24) is 15.1 Å². The summed E-state index contributed by atoms with van der Waals surface area (Å²) in [5, 5.41) is 7.59. The topological polar surface area (TPSA) is 63.8 Å². The predicted octanol–water partition coefficient (Wildman–Crippen LogP) is 3.47. The van der Waals surface area contributed by atoms with Gasteiger partial charge in [-0.05, 0) is 13.8 Å². The maximum absolute atomic E-state index is 6.00. The van der Waals surface area contributed by atoms with Crippen LogP contribution in [0.5, 0.6) is 0 Å². The number of hydrogen-bond donors (Lipinski definition) is 1. The van der Waals surface area contributed by atoms with E-state index in [0.29, 0.717) is 17.5 Å². The van der Waals surface area contributed by atoms with Gasteiger partial charge < -0.3 is 9.84 Å². The molecule has 0 saturated heterocycles. The molecule has 1 N–H and O–H groups in total. The van der Waals surface area contributed by atoms with Gasteiger partial charge in [-0.3, -0.25) is 0 Å². The minimum atomic E-state index is 0.235. The third-order valence-electron chi connectivity index (χ3n) is 2.86. The maximum atomic E-state index is 6.00. The van der Waals surface area contributed by atoms with E-state index in [1.165, 1.54) is 0 Å². The number of nitrogens with one attached hydrogen (secondary N) is 1. The van der Waals surface area contributed by atoms with Crippen LogP contribution in [0.25, 0.3) is 0 Å². The zero-order valence-corrected chi connectivity index (χ0v) is 12.2. The molecular formula is C13H17ClN4O. The Morgan fingerprint density at radius 3 is 2.63 bits per heavy atom. The fourth-order valence-electron chi connectivity index (χ4n) is 1.72. The van der Waals surface area contributed by atoms with Crippen molar-refractivity contribution in [2.24, 2.45) is 0 Å². The molecule has 0 bridgehead atoms. The van der Waals surface area contributed by atoms with Crippen molar-refractivity contribution >= 4 is 17.4 Å². The number of aryl methyl sites for hydroxylation is 2. The fourth-order valence-corrected chi connectivity index (χ4v) is 1.91. The summed E-state index contributed by atoms with van der Waals surface area (Å²) in [5.74, 6) is 2.49. The molecule has 2 heterocycles. The molecule has 0 amide bonds. The van der Waals surface area contributed by atoms with Crippen LogP contribution in [-0.2, 0) is 6.54 Å². The van der Waals surface area contributed by atoms with Crippen molar-refractivity contribution in [2.75, 3.05) is 5.32 Å². The minimum Gasteiger partial charge on any atom is -0.366 e. The van der Waals surface area contributed by atoms with Gasteiger partial charge in [0.05, 0.1) is 5.69 Å². The Morgan fingerprint density at radius 2 is 2.05 bits per heavy atom. The lowest BCUT2D eigenvalue weighted by Crippen LogP contribution is -2.06. The molecule has 0 radical (unpaired) electrons. The lowest BCUT2D eigenvalue weighted by atomic mass is 10.2. The van der Waals surface area contributed by atoms with Crippen LogP contribution in [0.2, 0.25) is 5.15 Å². The standard InChI is InChI=1S/C13H17ClN4O/c1-7(2)13-16-11(14)5-12(17-13)15-6-10-8(3)18-19-9(10)4/h5,7H,6H2,1-4H3,(H,15,16,17). The van der Waals surface area contributed by atoms with Crippen molar-refractivity contribution in [2.45, 2.75) is 40.2 Å². The molecule has 0 atom stereocenters. The molecule has 6 heteroatoms. The summed E-state index contributed by atoms with van der Waals surface area (Å²) in [7, 11) is 0. The summed E-state index contributed by atoms with van der Waals surface area (Å²) in [5.41, 5.74) is 1.93. The van der Waals surface area contributed by atoms with Crippen LogP contribution in [0.3, 0.4) is 0 Å². The lowest BCUT2D eigenvalue weighted by Gasteiger charge is -2.09. The number of hydrogen-bond acceptors (Lipinski definition) is 5. The van der Waals surface area contributed by atoms with Crippen LogP contribution in [0, 0.1) is 13.8 Å². The van der Waals surface area contributed by atoms with Gasteiger partial charge in [0.15, 0.2) is 0 Å². The molecule has 5 nitrogen and oxygen atoms in total. The molecule has 0 saturated carbocycles. The lowest BCUT2D eigenvalue weighted by molar-refractivity contribution is 0.392. The Morgan fingerprint density at radius 1 is 1.32 bits per heavy atom. The van der Waals surface area contributed by atoms with E-state index >= 15 is 0 Å². The van der Waals surface area contributed by atoms with E-state index in [4.69, 9.17) is 16.1 Å². The predicted molar refractivity (Wildman–Crippen MR) is 74.4 cm³/mol. The number of anilines is 1. The van der Waals surface area contributed by atoms with Gasteiger partial charge in [0.25, 0.3) is 0 Å². The molecule has 0 aliphatic rings. The quantitative estimate of drug-likeness (QED) is 0.869. The van der Waals surface area contributed by atoms with Gasteiger partial charge in [0.2, 0.25) is 0 Å². The van der Waals surface area contributed by atoms with Gasteiger partial charge in [-0.25, -0.2) is 9.97 Å². The maximum Gasteiger partial charge on any atom is 0.138 e. The normalized spacial score (nSPS) is 11.1. The van der Waals surface area contributed by atoms with E-state index in [-0.39, 0.29) is 5.92 Å². The summed E-state index contributed by atoms with van der Waals surface area (Å²) in [6.45, 7) is 8.48. The first kappa shape index (κ1) is 13.8. The van der Waals surface area contributed by atoms with Crippen molar-refractivity contribution < 1.29 is 4.52 Å². The monoisotopic (exact) mass is 280 g/mol. The molecular weight excluding hydrogens is 264 g/mol. The van der Waals surface area contributed by atoms with E-state index in [1.54, 1.807) is 6.07 Å². The van der Waals surface area contributed by atoms with E-state index in [9.17, 15) is 0 Å². The second-order valence-electron chi connectivity index (χ2n) is 4.75. The summed E-state index contributed by atoms with van der Waals surface area (Å²) in [4.78, 5) is 8.63. The van der Waals surface area contributed by atoms with E-state index in [2.05, 4.69) is 20.4 Å². The van der Waals surface area contributed by atoms with Crippen LogP contribution >= 0.6 is 11.6 Å². The molecule has 0 aliphatic carbocycles. The van der Waals surface area contributed by atoms with Crippen molar-refractivity contribution in [3.05, 3.63) is 34.1 Å². The van der Waals surface area contributed by atoms with Crippen molar-refractivity contribution in [3.63, 3.8) is 0 Å². The van der Waals surface area contributed by atoms with Gasteiger partial charge >= 0.3 is 0 Å². The molecule has 102 valence electrons. The molecule has 0 unspecified atom stereocenters. The first-order valence-electron chi connectivity index (χ1n) is 6.17. The minimum absolute atomic E-state index is 0.235. The molecule has 19 heavy (non-hydrogen) atoms. The Hall–Kier alpha value is -1.62. The average Bonchev–Trinajstić information content (AvgIpc) is 2.66. The smallest absolute Gasteiger partial charge is 0.138 e. The summed E-state index contributed by atoms with van der Waals surface area (Å²) >= 11 is 6.00. The second-order valence-corrected chi connectivity index (χ2v) is 5.13. The molecule has 2 aromatic rings. The first-order chi connectivity index (χ1) is 8.97. The molecule has 2 rings (SSSR count). The van der Waals surface area contributed by atoms with Crippen LogP contribution in [0.15, 0.2) is 10.6 Å². The first-order valence-corrected chi connectivity index (χ1v) is 6.55. The summed E-state index contributed by atoms with van der Waals surface area (Å²) in [6, 6.07) is 1.71. The largest absolute Gasteiger partial charge is 0.366 e. The molecule has 0 aliphatic heterocycles. The molecule has 0 aromatic carbocycles. The van der Waals surface area contributed by atoms with Crippen LogP contribution in [0.4, 0.5) is 5.82 Å². The van der Waals surface area contributed by atoms with Crippen molar-refractivity contribution in [1.29, 1.82) is 0 Å². The van der Waals surface area contributed by atoms with E-state index in [0.717, 1.165) is 22.8 Å². The molecule has 2 aromatic heterocycles. The highest BCUT2D eigenvalue weighted by Gasteiger charge is 2.10. The van der Waals surface area contributed by atoms with Crippen LogP contribution in [0.1, 0.15) is 42.6 Å². The van der Waals surface area contributed by atoms with E-state index < -0.39 is 0 Å². The Balaban J connectivity index is 2.16. The van der Waals surface area contributed by atoms with Crippen molar-refractivity contribution in [3.8, 4) is 0 Å². The van der Waals surface area contributed by atoms with Gasteiger partial charge in [0.1, 0.15) is 22.6 Å². The highest BCUT2D eigenvalue weighted by atomic mass is 35.5.